The first-order valence-corrected chi connectivity index (χ1v) is 7.73. The minimum atomic E-state index is -4.29. The highest BCUT2D eigenvalue weighted by atomic mass is 35.5. The molecular formula is C12H16ClFN2O3S. The summed E-state index contributed by atoms with van der Waals surface area (Å²) in [6, 6.07) is 1.97. The summed E-state index contributed by atoms with van der Waals surface area (Å²) in [6.45, 7) is 4.19. The van der Waals surface area contributed by atoms with Crippen LogP contribution in [0, 0.1) is 11.7 Å². The lowest BCUT2D eigenvalue weighted by atomic mass is 10.1. The molecule has 1 aromatic rings. The van der Waals surface area contributed by atoms with Crippen LogP contribution in [-0.2, 0) is 10.0 Å². The average molecular weight is 323 g/mol. The van der Waals surface area contributed by atoms with Gasteiger partial charge in [0.25, 0.3) is 5.91 Å². The third-order valence-electron chi connectivity index (χ3n) is 2.53. The van der Waals surface area contributed by atoms with Gasteiger partial charge in [-0.3, -0.25) is 4.79 Å². The third-order valence-corrected chi connectivity index (χ3v) is 3.65. The molecule has 20 heavy (non-hydrogen) atoms. The van der Waals surface area contributed by atoms with E-state index in [1.54, 1.807) is 0 Å². The lowest BCUT2D eigenvalue weighted by Gasteiger charge is -2.20. The predicted octanol–water partition coefficient (Wildman–Crippen LogP) is 1.85. The predicted molar refractivity (Wildman–Crippen MR) is 74.6 cm³/mol. The van der Waals surface area contributed by atoms with Gasteiger partial charge in [0.05, 0.1) is 5.56 Å². The van der Waals surface area contributed by atoms with Crippen molar-refractivity contribution in [3.63, 3.8) is 0 Å². The number of nitrogens with zero attached hydrogens (tertiary/aromatic N) is 1. The maximum absolute atomic E-state index is 14.1. The largest absolute Gasteiger partial charge is 0.341 e. The Labute approximate surface area is 122 Å². The highest BCUT2D eigenvalue weighted by Crippen LogP contribution is 2.24. The summed E-state index contributed by atoms with van der Waals surface area (Å²) in [7, 11) is -2.79. The Balaban J connectivity index is 3.33. The molecule has 0 aliphatic carbocycles. The van der Waals surface area contributed by atoms with Gasteiger partial charge in [0.2, 0.25) is 10.0 Å². The Bertz CT molecular complexity index is 632. The molecule has 1 aromatic carbocycles. The van der Waals surface area contributed by atoms with Crippen LogP contribution in [0.4, 0.5) is 4.39 Å². The van der Waals surface area contributed by atoms with Gasteiger partial charge in [0, 0.05) is 18.6 Å². The Hall–Kier alpha value is -1.18. The quantitative estimate of drug-likeness (QED) is 0.918. The Morgan fingerprint density at radius 2 is 2.00 bits per heavy atom. The molecule has 5 nitrogen and oxygen atoms in total. The van der Waals surface area contributed by atoms with Crippen LogP contribution in [-0.4, -0.2) is 32.8 Å². The van der Waals surface area contributed by atoms with E-state index in [4.69, 9.17) is 16.7 Å². The Morgan fingerprint density at radius 1 is 1.45 bits per heavy atom. The number of hydrogen-bond acceptors (Lipinski definition) is 3. The van der Waals surface area contributed by atoms with Gasteiger partial charge in [0.15, 0.2) is 5.82 Å². The molecule has 0 saturated heterocycles. The molecule has 0 fully saturated rings. The zero-order valence-corrected chi connectivity index (χ0v) is 12.9. The zero-order valence-electron chi connectivity index (χ0n) is 11.4. The fraction of sp³-hybridized carbons (Fsp3) is 0.417. The van der Waals surface area contributed by atoms with Crippen molar-refractivity contribution in [1.82, 2.24) is 4.90 Å². The number of sulfonamides is 1. The number of hydrogen-bond donors (Lipinski definition) is 1. The molecule has 8 heteroatoms. The van der Waals surface area contributed by atoms with Crippen LogP contribution in [0.1, 0.15) is 24.2 Å². The van der Waals surface area contributed by atoms with Crippen LogP contribution in [0.15, 0.2) is 17.0 Å². The Morgan fingerprint density at radius 3 is 2.45 bits per heavy atom. The number of primary sulfonamides is 1. The van der Waals surface area contributed by atoms with E-state index in [1.165, 1.54) is 11.9 Å². The number of nitrogens with two attached hydrogens (primary N) is 1. The van der Waals surface area contributed by atoms with E-state index in [0.29, 0.717) is 6.54 Å². The molecule has 112 valence electrons. The number of rotatable bonds is 4. The lowest BCUT2D eigenvalue weighted by Crippen LogP contribution is -2.31. The zero-order chi connectivity index (χ0) is 15.7. The third kappa shape index (κ3) is 3.91. The standard InChI is InChI=1S/C12H16ClFN2O3S/c1-7(2)6-16(3)12(17)9-4-8(13)5-10(11(9)14)20(15,18)19/h4-5,7H,6H2,1-3H3,(H2,15,18,19). The van der Waals surface area contributed by atoms with Gasteiger partial charge in [-0.1, -0.05) is 25.4 Å². The van der Waals surface area contributed by atoms with E-state index in [2.05, 4.69) is 0 Å². The van der Waals surface area contributed by atoms with Gasteiger partial charge in [-0.15, -0.1) is 0 Å². The fourth-order valence-electron chi connectivity index (χ4n) is 1.76. The molecule has 0 aliphatic rings. The van der Waals surface area contributed by atoms with Crippen LogP contribution >= 0.6 is 11.6 Å². The van der Waals surface area contributed by atoms with Crippen molar-refractivity contribution < 1.29 is 17.6 Å². The second-order valence-corrected chi connectivity index (χ2v) is 6.86. The van der Waals surface area contributed by atoms with Gasteiger partial charge in [0.1, 0.15) is 4.90 Å². The van der Waals surface area contributed by atoms with Crippen LogP contribution in [0.3, 0.4) is 0 Å². The topological polar surface area (TPSA) is 80.5 Å². The molecule has 1 amide bonds. The monoisotopic (exact) mass is 322 g/mol. The second-order valence-electron chi connectivity index (χ2n) is 4.89. The van der Waals surface area contributed by atoms with E-state index >= 15 is 0 Å². The first-order valence-electron chi connectivity index (χ1n) is 5.81. The molecular weight excluding hydrogens is 307 g/mol. The summed E-state index contributed by atoms with van der Waals surface area (Å²) in [5.41, 5.74) is -0.412. The summed E-state index contributed by atoms with van der Waals surface area (Å²) in [5, 5.41) is 4.83. The summed E-state index contributed by atoms with van der Waals surface area (Å²) in [4.78, 5) is 12.6. The van der Waals surface area contributed by atoms with Crippen molar-refractivity contribution in [2.24, 2.45) is 11.1 Å². The number of benzene rings is 1. The van der Waals surface area contributed by atoms with E-state index in [1.807, 2.05) is 13.8 Å². The molecule has 0 aromatic heterocycles. The van der Waals surface area contributed by atoms with E-state index in [0.717, 1.165) is 12.1 Å². The number of amides is 1. The maximum atomic E-state index is 14.1. The highest BCUT2D eigenvalue weighted by molar-refractivity contribution is 7.89. The maximum Gasteiger partial charge on any atom is 0.256 e. The van der Waals surface area contributed by atoms with Gasteiger partial charge >= 0.3 is 0 Å². The van der Waals surface area contributed by atoms with Crippen molar-refractivity contribution in [3.8, 4) is 0 Å². The van der Waals surface area contributed by atoms with E-state index < -0.39 is 32.2 Å². The van der Waals surface area contributed by atoms with Gasteiger partial charge in [-0.25, -0.2) is 17.9 Å². The molecule has 2 N–H and O–H groups in total. The summed E-state index contributed by atoms with van der Waals surface area (Å²) in [6.07, 6.45) is 0. The van der Waals surface area contributed by atoms with Crippen molar-refractivity contribution in [2.75, 3.05) is 13.6 Å². The molecule has 0 spiro atoms. The van der Waals surface area contributed by atoms with Crippen molar-refractivity contribution in [3.05, 3.63) is 28.5 Å². The van der Waals surface area contributed by atoms with Gasteiger partial charge < -0.3 is 4.90 Å². The van der Waals surface area contributed by atoms with Crippen LogP contribution < -0.4 is 5.14 Å². The van der Waals surface area contributed by atoms with Crippen molar-refractivity contribution >= 4 is 27.5 Å². The molecule has 0 bridgehead atoms. The summed E-state index contributed by atoms with van der Waals surface area (Å²) in [5.74, 6) is -1.65. The smallest absolute Gasteiger partial charge is 0.256 e. The minimum Gasteiger partial charge on any atom is -0.341 e. The van der Waals surface area contributed by atoms with E-state index in [-0.39, 0.29) is 10.9 Å². The van der Waals surface area contributed by atoms with Gasteiger partial charge in [-0.05, 0) is 18.1 Å². The van der Waals surface area contributed by atoms with Crippen LogP contribution in [0.5, 0.6) is 0 Å². The number of carbonyl (C=O) groups is 1. The number of halogens is 2. The first-order chi connectivity index (χ1) is 9.04. The molecule has 1 rings (SSSR count). The summed E-state index contributed by atoms with van der Waals surface area (Å²) >= 11 is 5.73. The molecule has 0 atom stereocenters. The normalized spacial score (nSPS) is 11.8. The average Bonchev–Trinajstić information content (AvgIpc) is 2.28. The molecule has 0 radical (unpaired) electrons. The molecule has 0 aliphatic heterocycles. The Kier molecular flexibility index (Phi) is 5.12. The van der Waals surface area contributed by atoms with Crippen molar-refractivity contribution in [2.45, 2.75) is 18.7 Å². The SMILES string of the molecule is CC(C)CN(C)C(=O)c1cc(Cl)cc(S(N)(=O)=O)c1F. The molecule has 0 unspecified atom stereocenters. The highest BCUT2D eigenvalue weighted by Gasteiger charge is 2.24. The van der Waals surface area contributed by atoms with E-state index in [9.17, 15) is 17.6 Å². The molecule has 0 heterocycles. The van der Waals surface area contributed by atoms with Crippen LogP contribution in [0.2, 0.25) is 5.02 Å². The lowest BCUT2D eigenvalue weighted by molar-refractivity contribution is 0.0774. The van der Waals surface area contributed by atoms with Crippen LogP contribution in [0.25, 0.3) is 0 Å². The molecule has 0 saturated carbocycles. The van der Waals surface area contributed by atoms with Crippen molar-refractivity contribution in [1.29, 1.82) is 0 Å². The second kappa shape index (κ2) is 6.07. The fourth-order valence-corrected chi connectivity index (χ4v) is 2.70. The number of carbonyl (C=O) groups excluding carboxylic acids is 1. The van der Waals surface area contributed by atoms with Gasteiger partial charge in [-0.2, -0.15) is 0 Å². The summed E-state index contributed by atoms with van der Waals surface area (Å²) < 4.78 is 36.7. The minimum absolute atomic E-state index is 0.0725. The first kappa shape index (κ1) is 16.9.